The summed E-state index contributed by atoms with van der Waals surface area (Å²) in [5, 5.41) is 3.42. The summed E-state index contributed by atoms with van der Waals surface area (Å²) in [6.07, 6.45) is 2.66. The number of carbonyl (C=O) groups is 2. The molecule has 2 amide bonds. The number of nitrogens with one attached hydrogen (secondary N) is 1. The van der Waals surface area contributed by atoms with Crippen molar-refractivity contribution in [3.63, 3.8) is 0 Å². The van der Waals surface area contributed by atoms with Crippen LogP contribution in [-0.2, 0) is 4.79 Å². The van der Waals surface area contributed by atoms with Gasteiger partial charge in [-0.2, -0.15) is 0 Å². The third-order valence-electron chi connectivity index (χ3n) is 3.20. The number of hydrogen-bond acceptors (Lipinski definition) is 2. The molecule has 1 N–H and O–H groups in total. The summed E-state index contributed by atoms with van der Waals surface area (Å²) in [5.41, 5.74) is 0.578. The first-order valence-electron chi connectivity index (χ1n) is 6.48. The molecule has 102 valence electrons. The van der Waals surface area contributed by atoms with Crippen LogP contribution in [0.4, 0.5) is 0 Å². The molecular formula is C14H17ClN2O2. The van der Waals surface area contributed by atoms with E-state index in [1.54, 1.807) is 24.3 Å². The lowest BCUT2D eigenvalue weighted by atomic mass is 10.1. The van der Waals surface area contributed by atoms with Gasteiger partial charge in [-0.1, -0.05) is 11.6 Å². The summed E-state index contributed by atoms with van der Waals surface area (Å²) < 4.78 is 0. The molecule has 5 heteroatoms. The Morgan fingerprint density at radius 3 is 2.68 bits per heavy atom. The van der Waals surface area contributed by atoms with Crippen molar-refractivity contribution in [2.75, 3.05) is 19.6 Å². The second kappa shape index (κ2) is 6.57. The highest BCUT2D eigenvalue weighted by molar-refractivity contribution is 6.30. The van der Waals surface area contributed by atoms with Crippen molar-refractivity contribution < 1.29 is 9.59 Å². The fraction of sp³-hybridized carbons (Fsp3) is 0.429. The van der Waals surface area contributed by atoms with Crippen LogP contribution in [0.1, 0.15) is 29.6 Å². The Kier molecular flexibility index (Phi) is 4.80. The molecule has 0 unspecified atom stereocenters. The van der Waals surface area contributed by atoms with Gasteiger partial charge in [0.25, 0.3) is 5.91 Å². The molecule has 0 radical (unpaired) electrons. The molecule has 1 aliphatic heterocycles. The largest absolute Gasteiger partial charge is 0.350 e. The van der Waals surface area contributed by atoms with Gasteiger partial charge in [0.15, 0.2) is 0 Å². The molecule has 0 atom stereocenters. The first-order valence-corrected chi connectivity index (χ1v) is 6.86. The van der Waals surface area contributed by atoms with Gasteiger partial charge in [0.05, 0.1) is 0 Å². The smallest absolute Gasteiger partial charge is 0.251 e. The highest BCUT2D eigenvalue weighted by atomic mass is 35.5. The van der Waals surface area contributed by atoms with E-state index in [1.807, 2.05) is 4.90 Å². The van der Waals surface area contributed by atoms with Crippen LogP contribution in [0.2, 0.25) is 5.02 Å². The summed E-state index contributed by atoms with van der Waals surface area (Å²) in [7, 11) is 0. The number of halogens is 1. The van der Waals surface area contributed by atoms with E-state index in [2.05, 4.69) is 5.32 Å². The SMILES string of the molecule is O=C(NCCN1CCCCC1=O)c1ccc(Cl)cc1. The van der Waals surface area contributed by atoms with Crippen molar-refractivity contribution in [2.45, 2.75) is 19.3 Å². The Balaban J connectivity index is 1.77. The predicted molar refractivity (Wildman–Crippen MR) is 74.2 cm³/mol. The molecular weight excluding hydrogens is 264 g/mol. The minimum Gasteiger partial charge on any atom is -0.350 e. The Labute approximate surface area is 117 Å². The van der Waals surface area contributed by atoms with Crippen LogP contribution >= 0.6 is 11.6 Å². The normalized spacial score (nSPS) is 15.4. The Morgan fingerprint density at radius 1 is 1.26 bits per heavy atom. The van der Waals surface area contributed by atoms with E-state index in [4.69, 9.17) is 11.6 Å². The van der Waals surface area contributed by atoms with Gasteiger partial charge in [0.2, 0.25) is 5.91 Å². The fourth-order valence-electron chi connectivity index (χ4n) is 2.11. The van der Waals surface area contributed by atoms with Gasteiger partial charge in [-0.3, -0.25) is 9.59 Å². The first kappa shape index (κ1) is 13.9. The lowest BCUT2D eigenvalue weighted by Crippen LogP contribution is -2.41. The standard InChI is InChI=1S/C14H17ClN2O2/c15-12-6-4-11(5-7-12)14(19)16-8-10-17-9-2-1-3-13(17)18/h4-7H,1-3,8-10H2,(H,16,19). The summed E-state index contributed by atoms with van der Waals surface area (Å²) >= 11 is 5.76. The number of likely N-dealkylation sites (tertiary alicyclic amines) is 1. The summed E-state index contributed by atoms with van der Waals surface area (Å²) in [6.45, 7) is 1.86. The second-order valence-electron chi connectivity index (χ2n) is 4.60. The van der Waals surface area contributed by atoms with E-state index in [0.29, 0.717) is 30.1 Å². The highest BCUT2D eigenvalue weighted by Crippen LogP contribution is 2.10. The molecule has 1 heterocycles. The van der Waals surface area contributed by atoms with Crippen LogP contribution in [0.15, 0.2) is 24.3 Å². The maximum Gasteiger partial charge on any atom is 0.251 e. The molecule has 4 nitrogen and oxygen atoms in total. The molecule has 0 saturated carbocycles. The van der Waals surface area contributed by atoms with E-state index in [9.17, 15) is 9.59 Å². The topological polar surface area (TPSA) is 49.4 Å². The average molecular weight is 281 g/mol. The van der Waals surface area contributed by atoms with Gasteiger partial charge in [0.1, 0.15) is 0 Å². The highest BCUT2D eigenvalue weighted by Gasteiger charge is 2.17. The molecule has 0 aromatic heterocycles. The lowest BCUT2D eigenvalue weighted by Gasteiger charge is -2.26. The molecule has 1 aromatic carbocycles. The zero-order valence-corrected chi connectivity index (χ0v) is 11.4. The number of rotatable bonds is 4. The Bertz CT molecular complexity index is 459. The van der Waals surface area contributed by atoms with Crippen LogP contribution in [0.25, 0.3) is 0 Å². The zero-order chi connectivity index (χ0) is 13.7. The van der Waals surface area contributed by atoms with Gasteiger partial charge < -0.3 is 10.2 Å². The van der Waals surface area contributed by atoms with E-state index < -0.39 is 0 Å². The number of piperidine rings is 1. The Morgan fingerprint density at radius 2 is 2.00 bits per heavy atom. The predicted octanol–water partition coefficient (Wildman–Crippen LogP) is 2.08. The second-order valence-corrected chi connectivity index (χ2v) is 5.04. The van der Waals surface area contributed by atoms with E-state index >= 15 is 0 Å². The number of benzene rings is 1. The molecule has 0 bridgehead atoms. The van der Waals surface area contributed by atoms with Crippen molar-refractivity contribution >= 4 is 23.4 Å². The first-order chi connectivity index (χ1) is 9.16. The summed E-state index contributed by atoms with van der Waals surface area (Å²) in [6, 6.07) is 6.74. The van der Waals surface area contributed by atoms with Crippen molar-refractivity contribution in [1.29, 1.82) is 0 Å². The Hall–Kier alpha value is -1.55. The third kappa shape index (κ3) is 3.96. The van der Waals surface area contributed by atoms with Crippen molar-refractivity contribution in [1.82, 2.24) is 10.2 Å². The van der Waals surface area contributed by atoms with Crippen molar-refractivity contribution in [3.05, 3.63) is 34.9 Å². The molecule has 2 rings (SSSR count). The monoisotopic (exact) mass is 280 g/mol. The quantitative estimate of drug-likeness (QED) is 0.918. The summed E-state index contributed by atoms with van der Waals surface area (Å²) in [5.74, 6) is 0.0492. The van der Waals surface area contributed by atoms with Gasteiger partial charge in [-0.15, -0.1) is 0 Å². The lowest BCUT2D eigenvalue weighted by molar-refractivity contribution is -0.133. The molecule has 1 saturated heterocycles. The molecule has 19 heavy (non-hydrogen) atoms. The number of amides is 2. The summed E-state index contributed by atoms with van der Waals surface area (Å²) in [4.78, 5) is 25.2. The van der Waals surface area contributed by atoms with Crippen LogP contribution in [-0.4, -0.2) is 36.3 Å². The van der Waals surface area contributed by atoms with E-state index in [0.717, 1.165) is 19.4 Å². The van der Waals surface area contributed by atoms with E-state index in [-0.39, 0.29) is 11.8 Å². The van der Waals surface area contributed by atoms with Gasteiger partial charge in [-0.25, -0.2) is 0 Å². The van der Waals surface area contributed by atoms with Crippen LogP contribution < -0.4 is 5.32 Å². The van der Waals surface area contributed by atoms with Crippen LogP contribution in [0.5, 0.6) is 0 Å². The van der Waals surface area contributed by atoms with Gasteiger partial charge in [-0.05, 0) is 37.1 Å². The van der Waals surface area contributed by atoms with Gasteiger partial charge >= 0.3 is 0 Å². The van der Waals surface area contributed by atoms with E-state index in [1.165, 1.54) is 0 Å². The molecule has 0 aliphatic carbocycles. The molecule has 1 aliphatic rings. The van der Waals surface area contributed by atoms with Crippen LogP contribution in [0.3, 0.4) is 0 Å². The average Bonchev–Trinajstić information content (AvgIpc) is 2.41. The fourth-order valence-corrected chi connectivity index (χ4v) is 2.23. The van der Waals surface area contributed by atoms with Crippen LogP contribution in [0, 0.1) is 0 Å². The maximum absolute atomic E-state index is 11.8. The number of carbonyl (C=O) groups excluding carboxylic acids is 2. The minimum atomic E-state index is -0.138. The van der Waals surface area contributed by atoms with Gasteiger partial charge in [0, 0.05) is 36.6 Å². The molecule has 1 aromatic rings. The number of hydrogen-bond donors (Lipinski definition) is 1. The minimum absolute atomic E-state index is 0.138. The maximum atomic E-state index is 11.8. The van der Waals surface area contributed by atoms with Crippen molar-refractivity contribution in [2.24, 2.45) is 0 Å². The molecule has 1 fully saturated rings. The van der Waals surface area contributed by atoms with Crippen molar-refractivity contribution in [3.8, 4) is 0 Å². The zero-order valence-electron chi connectivity index (χ0n) is 10.7. The molecule has 0 spiro atoms. The third-order valence-corrected chi connectivity index (χ3v) is 3.45. The number of nitrogens with zero attached hydrogens (tertiary/aromatic N) is 1.